The zero-order valence-electron chi connectivity index (χ0n) is 11.9. The van der Waals surface area contributed by atoms with Gasteiger partial charge in [0.15, 0.2) is 0 Å². The molecule has 0 saturated heterocycles. The Kier molecular flexibility index (Phi) is 4.91. The maximum absolute atomic E-state index is 11.7. The van der Waals surface area contributed by atoms with Gasteiger partial charge in [-0.3, -0.25) is 0 Å². The van der Waals surface area contributed by atoms with Crippen molar-refractivity contribution in [3.63, 3.8) is 0 Å². The maximum Gasteiger partial charge on any atom is 0.327 e. The van der Waals surface area contributed by atoms with Crippen LogP contribution in [0.4, 0.5) is 0 Å². The van der Waals surface area contributed by atoms with Crippen molar-refractivity contribution in [2.45, 2.75) is 39.2 Å². The molecular formula is C15H23NO2. The van der Waals surface area contributed by atoms with Crippen LogP contribution in [0.3, 0.4) is 0 Å². The summed E-state index contributed by atoms with van der Waals surface area (Å²) >= 11 is 0. The molecule has 0 bridgehead atoms. The molecule has 0 spiro atoms. The highest BCUT2D eigenvalue weighted by Crippen LogP contribution is 2.24. The van der Waals surface area contributed by atoms with Crippen LogP contribution in [0, 0.1) is 0 Å². The number of carbonyl (C=O) groups excluding carboxylic acids is 1. The predicted molar refractivity (Wildman–Crippen MR) is 73.6 cm³/mol. The van der Waals surface area contributed by atoms with Crippen molar-refractivity contribution in [2.24, 2.45) is 0 Å². The van der Waals surface area contributed by atoms with Gasteiger partial charge in [-0.1, -0.05) is 52.0 Å². The Balaban J connectivity index is 2.97. The number of benzene rings is 1. The molecule has 0 fully saturated rings. The third-order valence-electron chi connectivity index (χ3n) is 2.96. The quantitative estimate of drug-likeness (QED) is 0.834. The lowest BCUT2D eigenvalue weighted by atomic mass is 9.86. The van der Waals surface area contributed by atoms with E-state index in [1.165, 1.54) is 12.7 Å². The first-order valence-corrected chi connectivity index (χ1v) is 6.31. The highest BCUT2D eigenvalue weighted by atomic mass is 16.5. The van der Waals surface area contributed by atoms with Gasteiger partial charge in [0.2, 0.25) is 0 Å². The lowest BCUT2D eigenvalue weighted by Gasteiger charge is -2.21. The van der Waals surface area contributed by atoms with Crippen LogP contribution in [0.1, 0.15) is 44.9 Å². The van der Waals surface area contributed by atoms with Crippen molar-refractivity contribution in [3.05, 3.63) is 35.4 Å². The number of hydrogen-bond acceptors (Lipinski definition) is 3. The molecule has 1 aromatic carbocycles. The lowest BCUT2D eigenvalue weighted by Crippen LogP contribution is -2.29. The third kappa shape index (κ3) is 3.57. The molecule has 0 aliphatic rings. The predicted octanol–water partition coefficient (Wildman–Crippen LogP) is 2.81. The Morgan fingerprint density at radius 2 is 1.83 bits per heavy atom. The fraction of sp³-hybridized carbons (Fsp3) is 0.533. The van der Waals surface area contributed by atoms with Gasteiger partial charge in [0, 0.05) is 0 Å². The van der Waals surface area contributed by atoms with Crippen molar-refractivity contribution >= 4 is 5.97 Å². The van der Waals surface area contributed by atoms with Crippen LogP contribution in [0.5, 0.6) is 0 Å². The van der Waals surface area contributed by atoms with Gasteiger partial charge in [-0.2, -0.15) is 0 Å². The van der Waals surface area contributed by atoms with E-state index in [2.05, 4.69) is 38.2 Å². The number of methoxy groups -OCH3 is 1. The minimum absolute atomic E-state index is 0.122. The lowest BCUT2D eigenvalue weighted by molar-refractivity contribution is -0.143. The molecule has 1 atom stereocenters. The van der Waals surface area contributed by atoms with Gasteiger partial charge < -0.3 is 10.1 Å². The Labute approximate surface area is 110 Å². The topological polar surface area (TPSA) is 38.3 Å². The second-order valence-corrected chi connectivity index (χ2v) is 5.39. The molecule has 0 amide bonds. The van der Waals surface area contributed by atoms with E-state index < -0.39 is 0 Å². The first kappa shape index (κ1) is 14.7. The van der Waals surface area contributed by atoms with Gasteiger partial charge in [0.1, 0.15) is 6.04 Å². The summed E-state index contributed by atoms with van der Waals surface area (Å²) in [5.41, 5.74) is 2.32. The second kappa shape index (κ2) is 6.01. The Hall–Kier alpha value is -1.35. The summed E-state index contributed by atoms with van der Waals surface area (Å²) in [6.07, 6.45) is 0. The van der Waals surface area contributed by atoms with Crippen LogP contribution >= 0.6 is 0 Å². The molecule has 0 aromatic heterocycles. The van der Waals surface area contributed by atoms with Crippen LogP contribution in [-0.2, 0) is 14.9 Å². The minimum Gasteiger partial charge on any atom is -0.468 e. The van der Waals surface area contributed by atoms with Gasteiger partial charge in [0.05, 0.1) is 7.11 Å². The first-order valence-electron chi connectivity index (χ1n) is 6.31. The molecule has 18 heavy (non-hydrogen) atoms. The van der Waals surface area contributed by atoms with E-state index in [1.54, 1.807) is 0 Å². The number of hydrogen-bond donors (Lipinski definition) is 1. The zero-order chi connectivity index (χ0) is 13.8. The fourth-order valence-corrected chi connectivity index (χ4v) is 1.83. The smallest absolute Gasteiger partial charge is 0.327 e. The molecular weight excluding hydrogens is 226 g/mol. The van der Waals surface area contributed by atoms with Crippen molar-refractivity contribution in [1.29, 1.82) is 0 Å². The monoisotopic (exact) mass is 249 g/mol. The van der Waals surface area contributed by atoms with Crippen molar-refractivity contribution in [3.8, 4) is 0 Å². The summed E-state index contributed by atoms with van der Waals surface area (Å²) in [5.74, 6) is -0.250. The van der Waals surface area contributed by atoms with Crippen molar-refractivity contribution in [2.75, 3.05) is 13.7 Å². The third-order valence-corrected chi connectivity index (χ3v) is 2.96. The van der Waals surface area contributed by atoms with E-state index in [0.717, 1.165) is 12.1 Å². The van der Waals surface area contributed by atoms with Crippen LogP contribution in [0.2, 0.25) is 0 Å². The molecule has 0 heterocycles. The Bertz CT molecular complexity index is 390. The summed E-state index contributed by atoms with van der Waals surface area (Å²) in [6, 6.07) is 7.75. The Morgan fingerprint density at radius 1 is 1.28 bits per heavy atom. The fourth-order valence-electron chi connectivity index (χ4n) is 1.83. The summed E-state index contributed by atoms with van der Waals surface area (Å²) in [5, 5.41) is 3.13. The van der Waals surface area contributed by atoms with E-state index in [9.17, 15) is 4.79 Å². The standard InChI is InChI=1S/C15H23NO2/c1-6-16-13(14(17)18-5)11-7-9-12(10-8-11)15(2,3)4/h7-10,13,16H,6H2,1-5H3. The molecule has 100 valence electrons. The molecule has 0 aliphatic heterocycles. The normalized spacial score (nSPS) is 13.2. The SMILES string of the molecule is CCNC(C(=O)OC)c1ccc(C(C)(C)C)cc1. The molecule has 3 nitrogen and oxygen atoms in total. The average Bonchev–Trinajstić information content (AvgIpc) is 2.34. The number of likely N-dealkylation sites (N-methyl/N-ethyl adjacent to an activating group) is 1. The van der Waals surface area contributed by atoms with E-state index in [-0.39, 0.29) is 17.4 Å². The van der Waals surface area contributed by atoms with E-state index in [1.807, 2.05) is 19.1 Å². The van der Waals surface area contributed by atoms with E-state index in [4.69, 9.17) is 4.74 Å². The summed E-state index contributed by atoms with van der Waals surface area (Å²) in [6.45, 7) is 9.21. The largest absolute Gasteiger partial charge is 0.468 e. The van der Waals surface area contributed by atoms with E-state index in [0.29, 0.717) is 0 Å². The molecule has 1 aromatic rings. The van der Waals surface area contributed by atoms with Gasteiger partial charge >= 0.3 is 5.97 Å². The van der Waals surface area contributed by atoms with Gasteiger partial charge in [-0.05, 0) is 23.1 Å². The number of nitrogens with one attached hydrogen (secondary N) is 1. The molecule has 0 aliphatic carbocycles. The van der Waals surface area contributed by atoms with Gasteiger partial charge in [0.25, 0.3) is 0 Å². The van der Waals surface area contributed by atoms with Gasteiger partial charge in [-0.15, -0.1) is 0 Å². The molecule has 3 heteroatoms. The maximum atomic E-state index is 11.7. The average molecular weight is 249 g/mol. The number of esters is 1. The summed E-state index contributed by atoms with van der Waals surface area (Å²) in [4.78, 5) is 11.7. The number of rotatable bonds is 4. The molecule has 0 saturated carbocycles. The van der Waals surface area contributed by atoms with Crippen molar-refractivity contribution < 1.29 is 9.53 Å². The zero-order valence-corrected chi connectivity index (χ0v) is 11.9. The Morgan fingerprint density at radius 3 is 2.22 bits per heavy atom. The van der Waals surface area contributed by atoms with Crippen LogP contribution in [0.15, 0.2) is 24.3 Å². The molecule has 1 rings (SSSR count). The molecule has 1 unspecified atom stereocenters. The van der Waals surface area contributed by atoms with Crippen LogP contribution in [-0.4, -0.2) is 19.6 Å². The highest BCUT2D eigenvalue weighted by Gasteiger charge is 2.21. The van der Waals surface area contributed by atoms with E-state index >= 15 is 0 Å². The van der Waals surface area contributed by atoms with Crippen molar-refractivity contribution in [1.82, 2.24) is 5.32 Å². The molecule has 1 N–H and O–H groups in total. The highest BCUT2D eigenvalue weighted by molar-refractivity contribution is 5.77. The summed E-state index contributed by atoms with van der Waals surface area (Å²) < 4.78 is 4.82. The first-order chi connectivity index (χ1) is 8.40. The van der Waals surface area contributed by atoms with Crippen LogP contribution in [0.25, 0.3) is 0 Å². The number of carbonyl (C=O) groups is 1. The second-order valence-electron chi connectivity index (χ2n) is 5.39. The number of ether oxygens (including phenoxy) is 1. The van der Waals surface area contributed by atoms with Gasteiger partial charge in [-0.25, -0.2) is 4.79 Å². The minimum atomic E-state index is -0.381. The summed E-state index contributed by atoms with van der Waals surface area (Å²) in [7, 11) is 1.41. The molecule has 0 radical (unpaired) electrons. The van der Waals surface area contributed by atoms with Crippen LogP contribution < -0.4 is 5.32 Å².